The van der Waals surface area contributed by atoms with Crippen molar-refractivity contribution in [1.29, 1.82) is 0 Å². The lowest BCUT2D eigenvalue weighted by molar-refractivity contribution is 0.0633. The monoisotopic (exact) mass is 468 g/mol. The number of halogens is 1. The second-order valence-electron chi connectivity index (χ2n) is 9.64. The number of aryl methyl sites for hydroxylation is 1. The maximum atomic E-state index is 14.4. The van der Waals surface area contributed by atoms with Crippen LogP contribution in [0.3, 0.4) is 0 Å². The smallest absolute Gasteiger partial charge is 0.254 e. The molecule has 1 aromatic heterocycles. The molecule has 4 atom stereocenters. The minimum atomic E-state index is -1.34. The average Bonchev–Trinajstić information content (AvgIpc) is 3.25. The van der Waals surface area contributed by atoms with Crippen LogP contribution < -0.4 is 0 Å². The Morgan fingerprint density at radius 3 is 2.88 bits per heavy atom. The Hall–Kier alpha value is -2.47. The highest BCUT2D eigenvalue weighted by Gasteiger charge is 2.32. The van der Waals surface area contributed by atoms with Crippen molar-refractivity contribution in [2.24, 2.45) is 11.8 Å². The summed E-state index contributed by atoms with van der Waals surface area (Å²) in [5.41, 5.74) is 1.33. The SMILES string of the molecule is Cc1ccc(-c2nccs2)c(C(=O)N2CC(COC3=CC(C)C(C)(F)C=C3)CCCC2C)c1. The van der Waals surface area contributed by atoms with Crippen molar-refractivity contribution in [3.05, 3.63) is 64.9 Å². The number of carbonyl (C=O) groups is 1. The third kappa shape index (κ3) is 5.37. The van der Waals surface area contributed by atoms with E-state index in [0.29, 0.717) is 18.7 Å². The van der Waals surface area contributed by atoms with Gasteiger partial charge in [-0.25, -0.2) is 9.37 Å². The van der Waals surface area contributed by atoms with Gasteiger partial charge in [0.1, 0.15) is 16.4 Å². The molecule has 0 spiro atoms. The van der Waals surface area contributed by atoms with E-state index in [2.05, 4.69) is 11.9 Å². The Bertz CT molecular complexity index is 1040. The molecule has 33 heavy (non-hydrogen) atoms. The molecule has 1 aliphatic carbocycles. The van der Waals surface area contributed by atoms with Crippen molar-refractivity contribution >= 4 is 17.2 Å². The molecule has 176 valence electrons. The van der Waals surface area contributed by atoms with Crippen LogP contribution in [-0.4, -0.2) is 40.7 Å². The molecule has 1 fully saturated rings. The Labute approximate surface area is 200 Å². The van der Waals surface area contributed by atoms with Gasteiger partial charge < -0.3 is 9.64 Å². The first-order valence-electron chi connectivity index (χ1n) is 11.8. The second kappa shape index (κ2) is 9.80. The minimum Gasteiger partial charge on any atom is -0.494 e. The number of amides is 1. The number of carbonyl (C=O) groups excluding carboxylic acids is 1. The van der Waals surface area contributed by atoms with E-state index >= 15 is 0 Å². The summed E-state index contributed by atoms with van der Waals surface area (Å²) in [7, 11) is 0. The molecule has 6 heteroatoms. The van der Waals surface area contributed by atoms with Gasteiger partial charge in [0, 0.05) is 41.6 Å². The molecule has 1 aliphatic heterocycles. The van der Waals surface area contributed by atoms with E-state index in [1.807, 2.05) is 48.4 Å². The number of allylic oxidation sites excluding steroid dienone is 3. The molecule has 1 amide bonds. The summed E-state index contributed by atoms with van der Waals surface area (Å²) in [6, 6.07) is 6.18. The van der Waals surface area contributed by atoms with Crippen molar-refractivity contribution in [3.8, 4) is 10.6 Å². The minimum absolute atomic E-state index is 0.0573. The fourth-order valence-corrected chi connectivity index (χ4v) is 5.21. The molecule has 0 radical (unpaired) electrons. The summed E-state index contributed by atoms with van der Waals surface area (Å²) in [6.45, 7) is 8.77. The molecule has 4 nitrogen and oxygen atoms in total. The number of ether oxygens (including phenoxy) is 1. The van der Waals surface area contributed by atoms with E-state index in [1.54, 1.807) is 36.6 Å². The topological polar surface area (TPSA) is 42.4 Å². The first-order valence-corrected chi connectivity index (χ1v) is 12.7. The first kappa shape index (κ1) is 23.7. The lowest BCUT2D eigenvalue weighted by Crippen LogP contribution is -2.41. The number of benzene rings is 1. The third-order valence-corrected chi connectivity index (χ3v) is 7.72. The Balaban J connectivity index is 1.50. The molecular weight excluding hydrogens is 435 g/mol. The van der Waals surface area contributed by atoms with Crippen molar-refractivity contribution < 1.29 is 13.9 Å². The van der Waals surface area contributed by atoms with Gasteiger partial charge in [0.25, 0.3) is 5.91 Å². The number of nitrogens with zero attached hydrogens (tertiary/aromatic N) is 2. The standard InChI is InChI=1S/C27H33FN2O2S/c1-18-8-9-23(25-29-12-13-33-25)24(14-18)26(31)30-16-21(7-5-6-20(30)3)17-32-22-10-11-27(4,28)19(2)15-22/h8-15,19-21H,5-7,16-17H2,1-4H3. The number of hydrogen-bond acceptors (Lipinski definition) is 4. The molecule has 0 bridgehead atoms. The zero-order valence-electron chi connectivity index (χ0n) is 19.9. The van der Waals surface area contributed by atoms with Crippen molar-refractivity contribution in [3.63, 3.8) is 0 Å². The molecule has 0 N–H and O–H groups in total. The van der Waals surface area contributed by atoms with E-state index < -0.39 is 5.67 Å². The van der Waals surface area contributed by atoms with Crippen LogP contribution in [-0.2, 0) is 4.74 Å². The van der Waals surface area contributed by atoms with Crippen LogP contribution in [0.2, 0.25) is 0 Å². The van der Waals surface area contributed by atoms with Crippen molar-refractivity contribution in [2.75, 3.05) is 13.2 Å². The predicted molar refractivity (Wildman–Crippen MR) is 132 cm³/mol. The number of aromatic nitrogens is 1. The summed E-state index contributed by atoms with van der Waals surface area (Å²) < 4.78 is 20.4. The molecule has 2 aromatic rings. The number of likely N-dealkylation sites (tertiary alicyclic amines) is 1. The summed E-state index contributed by atoms with van der Waals surface area (Å²) in [5.74, 6) is 0.782. The fourth-order valence-electron chi connectivity index (χ4n) is 4.53. The highest BCUT2D eigenvalue weighted by molar-refractivity contribution is 7.13. The maximum Gasteiger partial charge on any atom is 0.254 e. The average molecular weight is 469 g/mol. The van der Waals surface area contributed by atoms with Gasteiger partial charge in [0.15, 0.2) is 0 Å². The Morgan fingerprint density at radius 2 is 2.15 bits per heavy atom. The van der Waals surface area contributed by atoms with Gasteiger partial charge in [0.2, 0.25) is 0 Å². The van der Waals surface area contributed by atoms with Gasteiger partial charge in [-0.15, -0.1) is 11.3 Å². The number of alkyl halides is 1. The summed E-state index contributed by atoms with van der Waals surface area (Å²) in [6.07, 6.45) is 9.98. The number of thiazole rings is 1. The Kier molecular flexibility index (Phi) is 7.03. The van der Waals surface area contributed by atoms with Crippen LogP contribution >= 0.6 is 11.3 Å². The zero-order valence-corrected chi connectivity index (χ0v) is 20.7. The third-order valence-electron chi connectivity index (χ3n) is 6.91. The molecule has 0 saturated carbocycles. The summed E-state index contributed by atoms with van der Waals surface area (Å²) >= 11 is 1.55. The van der Waals surface area contributed by atoms with Gasteiger partial charge in [0.05, 0.1) is 12.2 Å². The van der Waals surface area contributed by atoms with Crippen LogP contribution in [0.25, 0.3) is 10.6 Å². The first-order chi connectivity index (χ1) is 15.7. The maximum absolute atomic E-state index is 14.4. The molecule has 1 aromatic carbocycles. The highest BCUT2D eigenvalue weighted by Crippen LogP contribution is 2.32. The lowest BCUT2D eigenvalue weighted by atomic mass is 9.88. The summed E-state index contributed by atoms with van der Waals surface area (Å²) in [5, 5.41) is 2.80. The van der Waals surface area contributed by atoms with E-state index in [-0.39, 0.29) is 23.8 Å². The fraction of sp³-hybridized carbons (Fsp3) is 0.481. The molecule has 2 heterocycles. The molecule has 2 aliphatic rings. The van der Waals surface area contributed by atoms with E-state index in [4.69, 9.17) is 4.74 Å². The molecule has 4 rings (SSSR count). The van der Waals surface area contributed by atoms with E-state index in [1.165, 1.54) is 0 Å². The van der Waals surface area contributed by atoms with Crippen molar-refractivity contribution in [2.45, 2.75) is 58.7 Å². The van der Waals surface area contributed by atoms with Crippen LogP contribution in [0, 0.1) is 18.8 Å². The normalized spacial score (nSPS) is 27.7. The number of hydrogen-bond donors (Lipinski definition) is 0. The number of rotatable bonds is 5. The molecule has 4 unspecified atom stereocenters. The van der Waals surface area contributed by atoms with Gasteiger partial charge in [-0.2, -0.15) is 0 Å². The highest BCUT2D eigenvalue weighted by atomic mass is 32.1. The zero-order chi connectivity index (χ0) is 23.6. The predicted octanol–water partition coefficient (Wildman–Crippen LogP) is 6.58. The Morgan fingerprint density at radius 1 is 1.33 bits per heavy atom. The van der Waals surface area contributed by atoms with Crippen LogP contribution in [0.15, 0.2) is 53.8 Å². The largest absolute Gasteiger partial charge is 0.494 e. The van der Waals surface area contributed by atoms with Crippen molar-refractivity contribution in [1.82, 2.24) is 9.88 Å². The van der Waals surface area contributed by atoms with Crippen LogP contribution in [0.5, 0.6) is 0 Å². The van der Waals surface area contributed by atoms with E-state index in [9.17, 15) is 9.18 Å². The second-order valence-corrected chi connectivity index (χ2v) is 10.5. The quantitative estimate of drug-likeness (QED) is 0.497. The summed E-state index contributed by atoms with van der Waals surface area (Å²) in [4.78, 5) is 20.3. The van der Waals surface area contributed by atoms with Gasteiger partial charge in [-0.1, -0.05) is 31.0 Å². The molecule has 1 saturated heterocycles. The van der Waals surface area contributed by atoms with Gasteiger partial charge in [-0.3, -0.25) is 4.79 Å². The molecular formula is C27H33FN2O2S. The van der Waals surface area contributed by atoms with Crippen LogP contribution in [0.4, 0.5) is 4.39 Å². The lowest BCUT2D eigenvalue weighted by Gasteiger charge is -2.31. The van der Waals surface area contributed by atoms with E-state index in [0.717, 1.165) is 41.2 Å². The van der Waals surface area contributed by atoms with Gasteiger partial charge in [-0.05, 0) is 57.9 Å². The van der Waals surface area contributed by atoms with Crippen LogP contribution in [0.1, 0.15) is 56.0 Å². The van der Waals surface area contributed by atoms with Gasteiger partial charge >= 0.3 is 0 Å².